The molecule has 0 saturated carbocycles. The van der Waals surface area contributed by atoms with Crippen LogP contribution in [0.5, 0.6) is 23.0 Å². The van der Waals surface area contributed by atoms with Crippen LogP contribution in [0.2, 0.25) is 0 Å². The van der Waals surface area contributed by atoms with E-state index < -0.39 is 11.6 Å². The number of rotatable bonds is 2. The Kier molecular flexibility index (Phi) is 5.34. The average molecular weight is 535 g/mol. The number of amides is 2. The van der Waals surface area contributed by atoms with Gasteiger partial charge in [0.1, 0.15) is 0 Å². The fraction of sp³-hybridized carbons (Fsp3) is 0.548. The molecule has 0 spiro atoms. The number of hydrogen-bond donors (Lipinski definition) is 0. The van der Waals surface area contributed by atoms with Crippen LogP contribution in [0.1, 0.15) is 79.8 Å². The van der Waals surface area contributed by atoms with Crippen LogP contribution in [-0.2, 0) is 0 Å². The van der Waals surface area contributed by atoms with E-state index in [4.69, 9.17) is 18.9 Å². The third kappa shape index (κ3) is 4.47. The Bertz CT molecular complexity index is 1290. The molecule has 2 saturated heterocycles. The summed E-state index contributed by atoms with van der Waals surface area (Å²) in [7, 11) is 0. The van der Waals surface area contributed by atoms with Gasteiger partial charge in [-0.2, -0.15) is 0 Å². The number of piperidine rings is 2. The molecule has 0 radical (unpaired) electrons. The van der Waals surface area contributed by atoms with Gasteiger partial charge in [-0.15, -0.1) is 0 Å². The summed E-state index contributed by atoms with van der Waals surface area (Å²) in [5.74, 6) is 1.08. The SMILES string of the molecule is Cc1cc(C(=O)N2CC3(C)CN(C(=O)c4cc(C)c5c(c4)OC(C)(C)O5)CC(C)(C2)C3)cc2c1OC(C)(C)O2. The van der Waals surface area contributed by atoms with Gasteiger partial charge < -0.3 is 28.7 Å². The summed E-state index contributed by atoms with van der Waals surface area (Å²) < 4.78 is 23.7. The highest BCUT2D eigenvalue weighted by Crippen LogP contribution is 2.48. The van der Waals surface area contributed by atoms with Crippen LogP contribution < -0.4 is 18.9 Å². The molecule has 4 aliphatic rings. The predicted octanol–water partition coefficient (Wildman–Crippen LogP) is 5.33. The molecule has 2 aromatic carbocycles. The molecule has 0 N–H and O–H groups in total. The first-order valence-corrected chi connectivity index (χ1v) is 13.7. The lowest BCUT2D eigenvalue weighted by Gasteiger charge is -2.56. The van der Waals surface area contributed by atoms with Crippen LogP contribution in [0.4, 0.5) is 0 Å². The number of carbonyl (C=O) groups is 2. The Morgan fingerprint density at radius 2 is 0.974 bits per heavy atom. The molecule has 4 aliphatic heterocycles. The fourth-order valence-electron chi connectivity index (χ4n) is 7.17. The van der Waals surface area contributed by atoms with Gasteiger partial charge in [-0.25, -0.2) is 0 Å². The fourth-order valence-corrected chi connectivity index (χ4v) is 7.17. The van der Waals surface area contributed by atoms with Gasteiger partial charge in [-0.1, -0.05) is 13.8 Å². The van der Waals surface area contributed by atoms with Gasteiger partial charge in [-0.3, -0.25) is 9.59 Å². The Hall–Kier alpha value is -3.42. The number of fused-ring (bicyclic) bond motifs is 4. The molecular weight excluding hydrogens is 496 g/mol. The predicted molar refractivity (Wildman–Crippen MR) is 146 cm³/mol. The van der Waals surface area contributed by atoms with E-state index in [1.165, 1.54) is 0 Å². The highest BCUT2D eigenvalue weighted by Gasteiger charge is 2.51. The van der Waals surface area contributed by atoms with Crippen molar-refractivity contribution in [3.8, 4) is 23.0 Å². The number of aryl methyl sites for hydroxylation is 2. The summed E-state index contributed by atoms with van der Waals surface area (Å²) in [6.07, 6.45) is 0.955. The van der Waals surface area contributed by atoms with E-state index >= 15 is 0 Å². The summed E-state index contributed by atoms with van der Waals surface area (Å²) in [5, 5.41) is 0. The minimum atomic E-state index is -0.749. The Morgan fingerprint density at radius 3 is 1.33 bits per heavy atom. The summed E-state index contributed by atoms with van der Waals surface area (Å²) in [5.41, 5.74) is 2.53. The zero-order valence-electron chi connectivity index (χ0n) is 24.2. The number of likely N-dealkylation sites (tertiary alicyclic amines) is 2. The second kappa shape index (κ2) is 8.05. The van der Waals surface area contributed by atoms with Gasteiger partial charge in [-0.05, 0) is 55.7 Å². The zero-order valence-corrected chi connectivity index (χ0v) is 24.2. The smallest absolute Gasteiger partial charge is 0.254 e. The standard InChI is InChI=1S/C31H38N2O6/c1-18-9-20(11-22-24(18)38-28(3,4)36-22)26(34)32-14-30(7)13-31(8,15-32)17-33(16-30)27(35)21-10-19(2)25-23(12-21)37-29(5,6)39-25/h9-12H,13-17H2,1-8H3. The largest absolute Gasteiger partial charge is 0.449 e. The first kappa shape index (κ1) is 25.8. The van der Waals surface area contributed by atoms with Gasteiger partial charge in [0.05, 0.1) is 0 Å². The molecule has 4 heterocycles. The summed E-state index contributed by atoms with van der Waals surface area (Å²) >= 11 is 0. The van der Waals surface area contributed by atoms with Crippen LogP contribution in [-0.4, -0.2) is 59.4 Å². The summed E-state index contributed by atoms with van der Waals surface area (Å²) in [6.45, 7) is 18.0. The maximum absolute atomic E-state index is 13.8. The molecule has 8 heteroatoms. The van der Waals surface area contributed by atoms with E-state index in [9.17, 15) is 9.59 Å². The van der Waals surface area contributed by atoms with Gasteiger partial charge in [0.25, 0.3) is 11.8 Å². The third-order valence-corrected chi connectivity index (χ3v) is 8.10. The number of nitrogens with zero attached hydrogens (tertiary/aromatic N) is 2. The second-order valence-electron chi connectivity index (χ2n) is 13.6. The van der Waals surface area contributed by atoms with Crippen molar-refractivity contribution in [3.05, 3.63) is 46.5 Å². The Morgan fingerprint density at radius 1 is 0.615 bits per heavy atom. The molecule has 2 aromatic rings. The molecule has 6 rings (SSSR count). The highest BCUT2D eigenvalue weighted by molar-refractivity contribution is 5.96. The molecule has 0 unspecified atom stereocenters. The first-order valence-electron chi connectivity index (χ1n) is 13.7. The van der Waals surface area contributed by atoms with E-state index in [0.29, 0.717) is 60.3 Å². The van der Waals surface area contributed by atoms with E-state index in [1.54, 1.807) is 12.1 Å². The van der Waals surface area contributed by atoms with Gasteiger partial charge in [0, 0.05) is 75.8 Å². The minimum Gasteiger partial charge on any atom is -0.449 e. The van der Waals surface area contributed by atoms with Crippen molar-refractivity contribution in [2.75, 3.05) is 26.2 Å². The van der Waals surface area contributed by atoms with Crippen LogP contribution >= 0.6 is 0 Å². The Balaban J connectivity index is 1.22. The molecule has 208 valence electrons. The van der Waals surface area contributed by atoms with Crippen molar-refractivity contribution < 1.29 is 28.5 Å². The van der Waals surface area contributed by atoms with E-state index in [-0.39, 0.29) is 22.6 Å². The van der Waals surface area contributed by atoms with E-state index in [2.05, 4.69) is 13.8 Å². The lowest BCUT2D eigenvalue weighted by Crippen LogP contribution is -2.64. The topological polar surface area (TPSA) is 77.5 Å². The third-order valence-electron chi connectivity index (χ3n) is 8.10. The van der Waals surface area contributed by atoms with E-state index in [1.807, 2.05) is 63.5 Å². The monoisotopic (exact) mass is 534 g/mol. The quantitative estimate of drug-likeness (QED) is 0.518. The highest BCUT2D eigenvalue weighted by atomic mass is 16.7. The van der Waals surface area contributed by atoms with E-state index in [0.717, 1.165) is 17.5 Å². The lowest BCUT2D eigenvalue weighted by molar-refractivity contribution is -0.0539. The van der Waals surface area contributed by atoms with Crippen molar-refractivity contribution >= 4 is 11.8 Å². The molecule has 0 aromatic heterocycles. The molecule has 0 aliphatic carbocycles. The normalized spacial score (nSPS) is 27.5. The van der Waals surface area contributed by atoms with Crippen molar-refractivity contribution in [2.45, 2.75) is 73.4 Å². The average Bonchev–Trinajstić information content (AvgIpc) is 3.30. The van der Waals surface area contributed by atoms with Crippen LogP contribution in [0.15, 0.2) is 24.3 Å². The van der Waals surface area contributed by atoms with Crippen LogP contribution in [0, 0.1) is 24.7 Å². The first-order chi connectivity index (χ1) is 18.0. The molecule has 0 atom stereocenters. The minimum absolute atomic E-state index is 0.0138. The molecule has 2 bridgehead atoms. The molecule has 39 heavy (non-hydrogen) atoms. The molecule has 2 amide bonds. The van der Waals surface area contributed by atoms with Crippen molar-refractivity contribution in [3.63, 3.8) is 0 Å². The number of carbonyl (C=O) groups excluding carboxylic acids is 2. The van der Waals surface area contributed by atoms with Crippen LogP contribution in [0.25, 0.3) is 0 Å². The van der Waals surface area contributed by atoms with Gasteiger partial charge in [0.15, 0.2) is 23.0 Å². The van der Waals surface area contributed by atoms with Crippen molar-refractivity contribution in [1.82, 2.24) is 9.80 Å². The zero-order chi connectivity index (χ0) is 28.1. The molecule has 8 nitrogen and oxygen atoms in total. The van der Waals surface area contributed by atoms with Crippen molar-refractivity contribution in [2.24, 2.45) is 10.8 Å². The van der Waals surface area contributed by atoms with Crippen molar-refractivity contribution in [1.29, 1.82) is 0 Å². The Labute approximate surface area is 230 Å². The second-order valence-corrected chi connectivity index (χ2v) is 13.6. The van der Waals surface area contributed by atoms with Gasteiger partial charge >= 0.3 is 0 Å². The number of hydrogen-bond acceptors (Lipinski definition) is 6. The lowest BCUT2D eigenvalue weighted by atomic mass is 9.65. The summed E-state index contributed by atoms with van der Waals surface area (Å²) in [6, 6.07) is 7.38. The summed E-state index contributed by atoms with van der Waals surface area (Å²) in [4.78, 5) is 31.5. The molecule has 2 fully saturated rings. The number of ether oxygens (including phenoxy) is 4. The van der Waals surface area contributed by atoms with Crippen LogP contribution in [0.3, 0.4) is 0 Å². The number of benzene rings is 2. The maximum Gasteiger partial charge on any atom is 0.254 e. The van der Waals surface area contributed by atoms with Gasteiger partial charge in [0.2, 0.25) is 11.6 Å². The maximum atomic E-state index is 13.8. The molecular formula is C31H38N2O6.